The molecule has 0 bridgehead atoms. The van der Waals surface area contributed by atoms with Crippen molar-refractivity contribution in [3.8, 4) is 0 Å². The van der Waals surface area contributed by atoms with Crippen LogP contribution in [0.4, 0.5) is 5.82 Å². The summed E-state index contributed by atoms with van der Waals surface area (Å²) in [4.78, 5) is 29.3. The monoisotopic (exact) mass is 463 g/mol. The summed E-state index contributed by atoms with van der Waals surface area (Å²) in [5.41, 5.74) is 0.853. The first kappa shape index (κ1) is 22.4. The van der Waals surface area contributed by atoms with Crippen molar-refractivity contribution in [3.63, 3.8) is 0 Å². The van der Waals surface area contributed by atoms with Gasteiger partial charge in [-0.3, -0.25) is 9.36 Å². The zero-order chi connectivity index (χ0) is 23.5. The lowest BCUT2D eigenvalue weighted by molar-refractivity contribution is -0.309. The van der Waals surface area contributed by atoms with E-state index in [4.69, 9.17) is 18.9 Å². The summed E-state index contributed by atoms with van der Waals surface area (Å²) in [6, 6.07) is 19.5. The van der Waals surface area contributed by atoms with Crippen LogP contribution in [0.5, 0.6) is 0 Å². The van der Waals surface area contributed by atoms with E-state index in [2.05, 4.69) is 10.3 Å². The molecule has 2 aromatic carbocycles. The van der Waals surface area contributed by atoms with Crippen molar-refractivity contribution in [3.05, 3.63) is 94.5 Å². The van der Waals surface area contributed by atoms with Crippen LogP contribution in [0.1, 0.15) is 28.3 Å². The van der Waals surface area contributed by atoms with Crippen molar-refractivity contribution in [2.24, 2.45) is 0 Å². The van der Waals surface area contributed by atoms with Crippen molar-refractivity contribution in [2.45, 2.75) is 30.6 Å². The highest BCUT2D eigenvalue weighted by Gasteiger charge is 2.47. The number of hydrogen-bond acceptors (Lipinski definition) is 7. The van der Waals surface area contributed by atoms with Crippen LogP contribution in [0.3, 0.4) is 0 Å². The van der Waals surface area contributed by atoms with Gasteiger partial charge in [-0.05, 0) is 18.2 Å². The minimum atomic E-state index is -0.548. The fraction of sp³-hybridized carbons (Fsp3) is 0.320. The molecule has 3 heterocycles. The van der Waals surface area contributed by atoms with E-state index in [1.807, 2.05) is 36.4 Å². The standard InChI is InChI=1S/C25H25N3O6/c1-31-21-18(14-32-19-15-33-24(34-22(19)21)17-10-6-3-7-11-17)28-13-12-20(27-25(28)30)26-23(29)16-8-4-2-5-9-16/h2-13,18-19,21-22,24H,14-15H2,1H3,(H,26,27,29,30)/t18-,19-,21+,22-,24?/m1/s1. The Morgan fingerprint density at radius 1 is 1.03 bits per heavy atom. The highest BCUT2D eigenvalue weighted by atomic mass is 16.7. The molecule has 2 aliphatic heterocycles. The summed E-state index contributed by atoms with van der Waals surface area (Å²) in [5.74, 6) is -0.170. The van der Waals surface area contributed by atoms with Gasteiger partial charge in [0.05, 0.1) is 19.3 Å². The van der Waals surface area contributed by atoms with Gasteiger partial charge in [0.1, 0.15) is 24.1 Å². The van der Waals surface area contributed by atoms with Crippen LogP contribution in [0.15, 0.2) is 77.7 Å². The molecule has 0 spiro atoms. The molecule has 0 saturated carbocycles. The summed E-state index contributed by atoms with van der Waals surface area (Å²) in [6.45, 7) is 0.591. The zero-order valence-corrected chi connectivity index (χ0v) is 18.6. The van der Waals surface area contributed by atoms with Crippen molar-refractivity contribution in [1.82, 2.24) is 9.55 Å². The Hall–Kier alpha value is -3.37. The minimum Gasteiger partial charge on any atom is -0.376 e. The minimum absolute atomic E-state index is 0.171. The number of fused-ring (bicyclic) bond motifs is 1. The van der Waals surface area contributed by atoms with Gasteiger partial charge in [-0.15, -0.1) is 0 Å². The Morgan fingerprint density at radius 2 is 1.76 bits per heavy atom. The Balaban J connectivity index is 1.34. The Morgan fingerprint density at radius 3 is 2.47 bits per heavy atom. The van der Waals surface area contributed by atoms with Crippen LogP contribution in [0.25, 0.3) is 0 Å². The molecule has 176 valence electrons. The maximum atomic E-state index is 12.9. The summed E-state index contributed by atoms with van der Waals surface area (Å²) in [6.07, 6.45) is -0.169. The number of rotatable bonds is 5. The van der Waals surface area contributed by atoms with Gasteiger partial charge in [-0.2, -0.15) is 4.98 Å². The highest BCUT2D eigenvalue weighted by Crippen LogP contribution is 2.36. The van der Waals surface area contributed by atoms with Crippen molar-refractivity contribution in [2.75, 3.05) is 25.6 Å². The molecule has 1 N–H and O–H groups in total. The van der Waals surface area contributed by atoms with Crippen molar-refractivity contribution < 1.29 is 23.7 Å². The van der Waals surface area contributed by atoms with Gasteiger partial charge in [0.15, 0.2) is 6.29 Å². The number of hydrogen-bond donors (Lipinski definition) is 1. The third-order valence-electron chi connectivity index (χ3n) is 6.05. The lowest BCUT2D eigenvalue weighted by Crippen LogP contribution is -2.58. The second kappa shape index (κ2) is 9.86. The average Bonchev–Trinajstić information content (AvgIpc) is 2.89. The molecule has 34 heavy (non-hydrogen) atoms. The summed E-state index contributed by atoms with van der Waals surface area (Å²) < 4.78 is 25.3. The first-order chi connectivity index (χ1) is 16.6. The topological polar surface area (TPSA) is 101 Å². The maximum Gasteiger partial charge on any atom is 0.349 e. The lowest BCUT2D eigenvalue weighted by atomic mass is 9.96. The molecule has 0 radical (unpaired) electrons. The zero-order valence-electron chi connectivity index (χ0n) is 18.6. The first-order valence-electron chi connectivity index (χ1n) is 11.1. The number of carbonyl (C=O) groups excluding carboxylic acids is 1. The van der Waals surface area contributed by atoms with Crippen LogP contribution in [-0.2, 0) is 18.9 Å². The quantitative estimate of drug-likeness (QED) is 0.621. The predicted molar refractivity (Wildman–Crippen MR) is 122 cm³/mol. The lowest BCUT2D eigenvalue weighted by Gasteiger charge is -2.46. The van der Waals surface area contributed by atoms with Gasteiger partial charge >= 0.3 is 5.69 Å². The molecule has 2 aliphatic rings. The summed E-state index contributed by atoms with van der Waals surface area (Å²) >= 11 is 0. The molecule has 0 aliphatic carbocycles. The molecule has 9 heteroatoms. The number of carbonyl (C=O) groups is 1. The number of benzene rings is 2. The molecule has 1 unspecified atom stereocenters. The van der Waals surface area contributed by atoms with Crippen LogP contribution >= 0.6 is 0 Å². The molecule has 1 aromatic heterocycles. The van der Waals surface area contributed by atoms with E-state index < -0.39 is 30.2 Å². The Kier molecular flexibility index (Phi) is 6.50. The smallest absolute Gasteiger partial charge is 0.349 e. The van der Waals surface area contributed by atoms with Crippen LogP contribution in [0, 0.1) is 0 Å². The Bertz CT molecular complexity index is 1190. The van der Waals surface area contributed by atoms with Crippen LogP contribution in [0.2, 0.25) is 0 Å². The van der Waals surface area contributed by atoms with Gasteiger partial charge in [0.2, 0.25) is 0 Å². The van der Waals surface area contributed by atoms with Crippen molar-refractivity contribution in [1.29, 1.82) is 0 Å². The van der Waals surface area contributed by atoms with E-state index in [9.17, 15) is 9.59 Å². The number of nitrogens with one attached hydrogen (secondary N) is 1. The SMILES string of the molecule is CO[C@@H]1[C@@H]2OC(c3ccccc3)OC[C@H]2OC[C@H]1n1ccc(NC(=O)c2ccccc2)nc1=O. The van der Waals surface area contributed by atoms with Gasteiger partial charge in [-0.1, -0.05) is 48.5 Å². The van der Waals surface area contributed by atoms with Crippen LogP contribution in [-0.4, -0.2) is 54.1 Å². The number of ether oxygens (including phenoxy) is 4. The molecule has 5 atom stereocenters. The number of aromatic nitrogens is 2. The van der Waals surface area contributed by atoms with Gasteiger partial charge in [0.25, 0.3) is 5.91 Å². The van der Waals surface area contributed by atoms with E-state index in [1.165, 1.54) is 4.57 Å². The highest BCUT2D eigenvalue weighted by molar-refractivity contribution is 6.03. The number of methoxy groups -OCH3 is 1. The maximum absolute atomic E-state index is 12.9. The number of nitrogens with zero attached hydrogens (tertiary/aromatic N) is 2. The van der Waals surface area contributed by atoms with Crippen LogP contribution < -0.4 is 11.0 Å². The molecule has 2 saturated heterocycles. The summed E-state index contributed by atoms with van der Waals surface area (Å²) in [7, 11) is 1.59. The van der Waals surface area contributed by atoms with E-state index in [1.54, 1.807) is 43.6 Å². The van der Waals surface area contributed by atoms with Gasteiger partial charge in [0, 0.05) is 24.4 Å². The van der Waals surface area contributed by atoms with E-state index in [0.29, 0.717) is 12.2 Å². The molecule has 9 nitrogen and oxygen atoms in total. The van der Waals surface area contributed by atoms with Gasteiger partial charge in [-0.25, -0.2) is 4.79 Å². The summed E-state index contributed by atoms with van der Waals surface area (Å²) in [5, 5.41) is 2.66. The molecule has 1 amide bonds. The predicted octanol–water partition coefficient (Wildman–Crippen LogP) is 2.56. The Labute approximate surface area is 196 Å². The molecule has 2 fully saturated rings. The molecule has 5 rings (SSSR count). The van der Waals surface area contributed by atoms with E-state index in [0.717, 1.165) is 5.56 Å². The second-order valence-corrected chi connectivity index (χ2v) is 8.14. The fourth-order valence-corrected chi connectivity index (χ4v) is 4.34. The van der Waals surface area contributed by atoms with E-state index >= 15 is 0 Å². The second-order valence-electron chi connectivity index (χ2n) is 8.14. The number of amides is 1. The third-order valence-corrected chi connectivity index (χ3v) is 6.05. The third kappa shape index (κ3) is 4.51. The van der Waals surface area contributed by atoms with Gasteiger partial charge < -0.3 is 24.3 Å². The molecular formula is C25H25N3O6. The fourth-order valence-electron chi connectivity index (χ4n) is 4.34. The average molecular weight is 463 g/mol. The van der Waals surface area contributed by atoms with Crippen molar-refractivity contribution >= 4 is 11.7 Å². The molecular weight excluding hydrogens is 438 g/mol. The molecule has 3 aromatic rings. The first-order valence-corrected chi connectivity index (χ1v) is 11.1. The largest absolute Gasteiger partial charge is 0.376 e. The van der Waals surface area contributed by atoms with E-state index in [-0.39, 0.29) is 24.4 Å². The normalized spacial score (nSPS) is 26.4. The number of anilines is 1.